The van der Waals surface area contributed by atoms with E-state index in [-0.39, 0.29) is 16.6 Å². The Morgan fingerprint density at radius 1 is 0.971 bits per heavy atom. The molecular formula is C26H38O8. The molecule has 1 aliphatic heterocycles. The molecule has 0 aromatic heterocycles. The minimum atomic E-state index is -1.73. The summed E-state index contributed by atoms with van der Waals surface area (Å²) in [6.07, 6.45) is 1.25. The molecule has 11 atom stereocenters. The number of ketones is 1. The van der Waals surface area contributed by atoms with E-state index in [9.17, 15) is 30.0 Å². The zero-order valence-electron chi connectivity index (χ0n) is 20.3. The zero-order chi connectivity index (χ0) is 24.6. The van der Waals surface area contributed by atoms with Crippen LogP contribution in [0.1, 0.15) is 72.1 Å². The number of carboxylic acid groups (broad SMARTS) is 1. The van der Waals surface area contributed by atoms with E-state index in [1.165, 1.54) is 5.57 Å². The summed E-state index contributed by atoms with van der Waals surface area (Å²) in [5.74, 6) is 0.325. The smallest absolute Gasteiger partial charge is 0.335 e. The molecule has 4 fully saturated rings. The van der Waals surface area contributed by atoms with Crippen LogP contribution in [0.4, 0.5) is 0 Å². The van der Waals surface area contributed by atoms with Crippen molar-refractivity contribution in [2.45, 2.75) is 108 Å². The second-order valence-electron chi connectivity index (χ2n) is 12.0. The van der Waals surface area contributed by atoms with E-state index in [1.54, 1.807) is 0 Å². The van der Waals surface area contributed by atoms with E-state index in [0.717, 1.165) is 44.9 Å². The lowest BCUT2D eigenvalue weighted by Gasteiger charge is -2.59. The van der Waals surface area contributed by atoms with Gasteiger partial charge < -0.3 is 29.9 Å². The van der Waals surface area contributed by atoms with Crippen molar-refractivity contribution in [3.05, 3.63) is 11.6 Å². The number of hydrogen-bond acceptors (Lipinski definition) is 7. The van der Waals surface area contributed by atoms with Gasteiger partial charge in [0, 0.05) is 6.42 Å². The van der Waals surface area contributed by atoms with Gasteiger partial charge in [-0.25, -0.2) is 4.79 Å². The Bertz CT molecular complexity index is 901. The topological polar surface area (TPSA) is 134 Å². The Morgan fingerprint density at radius 2 is 1.68 bits per heavy atom. The first kappa shape index (κ1) is 24.4. The maximum Gasteiger partial charge on any atom is 0.335 e. The number of fused-ring (bicyclic) bond motifs is 5. The predicted octanol–water partition coefficient (Wildman–Crippen LogP) is 2.19. The van der Waals surface area contributed by atoms with Gasteiger partial charge in [0.05, 0.1) is 5.60 Å². The standard InChI is InChI=1S/C26H38O8/c1-24-9-6-14(27)12-13(24)4-5-15-16(24)7-10-25(2)17(15)8-11-26(25,3)34-23-20(30)18(28)19(29)21(33-23)22(31)32/h12,15-21,23,28-30H,4-11H2,1-3H3,(H,31,32)/t15-,16+,17+,18?,19+,20?,21+,23+,24+,25+,26+/m1/s1. The minimum Gasteiger partial charge on any atom is -0.479 e. The van der Waals surface area contributed by atoms with Crippen molar-refractivity contribution >= 4 is 11.8 Å². The number of carboxylic acids is 1. The van der Waals surface area contributed by atoms with Crippen molar-refractivity contribution in [2.75, 3.05) is 0 Å². The largest absolute Gasteiger partial charge is 0.479 e. The van der Waals surface area contributed by atoms with E-state index >= 15 is 0 Å². The van der Waals surface area contributed by atoms with Gasteiger partial charge in [0.15, 0.2) is 18.2 Å². The lowest BCUT2D eigenvalue weighted by atomic mass is 9.46. The van der Waals surface area contributed by atoms with Gasteiger partial charge in [-0.05, 0) is 86.5 Å². The van der Waals surface area contributed by atoms with Crippen molar-refractivity contribution in [3.63, 3.8) is 0 Å². The van der Waals surface area contributed by atoms with Crippen molar-refractivity contribution in [3.8, 4) is 0 Å². The van der Waals surface area contributed by atoms with Gasteiger partial charge in [0.2, 0.25) is 0 Å². The van der Waals surface area contributed by atoms with Crippen LogP contribution in [0.25, 0.3) is 0 Å². The minimum absolute atomic E-state index is 0.0790. The van der Waals surface area contributed by atoms with Crippen LogP contribution in [-0.2, 0) is 19.1 Å². The summed E-state index contributed by atoms with van der Waals surface area (Å²) < 4.78 is 11.9. The van der Waals surface area contributed by atoms with Crippen molar-refractivity contribution in [1.29, 1.82) is 0 Å². The predicted molar refractivity (Wildman–Crippen MR) is 121 cm³/mol. The highest BCUT2D eigenvalue weighted by molar-refractivity contribution is 5.91. The second-order valence-corrected chi connectivity index (χ2v) is 12.0. The van der Waals surface area contributed by atoms with Gasteiger partial charge in [-0.15, -0.1) is 0 Å². The highest BCUT2D eigenvalue weighted by Crippen LogP contribution is 2.68. The molecule has 190 valence electrons. The van der Waals surface area contributed by atoms with Crippen LogP contribution in [0.15, 0.2) is 11.6 Å². The molecule has 1 heterocycles. The number of aliphatic carboxylic acids is 1. The Balaban J connectivity index is 1.38. The number of ether oxygens (including phenoxy) is 2. The maximum absolute atomic E-state index is 12.1. The summed E-state index contributed by atoms with van der Waals surface area (Å²) in [4.78, 5) is 23.6. The number of carbonyl (C=O) groups excluding carboxylic acids is 1. The van der Waals surface area contributed by atoms with Crippen LogP contribution in [0, 0.1) is 28.6 Å². The fourth-order valence-corrected chi connectivity index (χ4v) is 8.38. The Hall–Kier alpha value is -1.32. The molecular weight excluding hydrogens is 440 g/mol. The Morgan fingerprint density at radius 3 is 2.38 bits per heavy atom. The first-order chi connectivity index (χ1) is 15.9. The molecule has 5 rings (SSSR count). The average Bonchev–Trinajstić information content (AvgIpc) is 3.05. The quantitative estimate of drug-likeness (QED) is 0.485. The fourth-order valence-electron chi connectivity index (χ4n) is 8.38. The molecule has 0 aromatic carbocycles. The van der Waals surface area contributed by atoms with Gasteiger partial charge in [-0.2, -0.15) is 0 Å². The summed E-state index contributed by atoms with van der Waals surface area (Å²) in [6, 6.07) is 0. The highest BCUT2D eigenvalue weighted by atomic mass is 16.7. The third-order valence-corrected chi connectivity index (χ3v) is 10.7. The van der Waals surface area contributed by atoms with Crippen LogP contribution < -0.4 is 0 Å². The molecule has 3 saturated carbocycles. The lowest BCUT2D eigenvalue weighted by molar-refractivity contribution is -0.332. The summed E-state index contributed by atoms with van der Waals surface area (Å²) in [5.41, 5.74) is 0.546. The van der Waals surface area contributed by atoms with Crippen LogP contribution in [-0.4, -0.2) is 68.5 Å². The van der Waals surface area contributed by atoms with E-state index in [4.69, 9.17) is 9.47 Å². The molecule has 2 unspecified atom stereocenters. The molecule has 4 N–H and O–H groups in total. The summed E-state index contributed by atoms with van der Waals surface area (Å²) in [7, 11) is 0. The van der Waals surface area contributed by atoms with E-state index in [1.807, 2.05) is 13.0 Å². The lowest BCUT2D eigenvalue weighted by Crippen LogP contribution is -2.63. The number of aliphatic hydroxyl groups is 3. The maximum atomic E-state index is 12.1. The Labute approximate surface area is 200 Å². The first-order valence-electron chi connectivity index (χ1n) is 12.8. The molecule has 0 bridgehead atoms. The molecule has 5 aliphatic rings. The SMILES string of the molecule is C[C@]12CCC(=O)C=C1CC[C@@H]1[C@@H]2CC[C@@]2(C)[C@H]1CC[C@]2(C)O[C@@H]1O[C@H](C(=O)O)[C@@H](O)C(O)C1O. The third-order valence-electron chi connectivity index (χ3n) is 10.7. The van der Waals surface area contributed by atoms with Gasteiger partial charge >= 0.3 is 5.97 Å². The van der Waals surface area contributed by atoms with Gasteiger partial charge in [0.1, 0.15) is 18.3 Å². The molecule has 0 spiro atoms. The molecule has 8 nitrogen and oxygen atoms in total. The van der Waals surface area contributed by atoms with Crippen molar-refractivity contribution in [1.82, 2.24) is 0 Å². The molecule has 0 aromatic rings. The van der Waals surface area contributed by atoms with Crippen molar-refractivity contribution in [2.24, 2.45) is 28.6 Å². The van der Waals surface area contributed by atoms with Crippen LogP contribution >= 0.6 is 0 Å². The summed E-state index contributed by atoms with van der Waals surface area (Å²) in [6.45, 7) is 6.61. The normalized spacial score (nSPS) is 52.9. The highest BCUT2D eigenvalue weighted by Gasteiger charge is 2.64. The van der Waals surface area contributed by atoms with Crippen LogP contribution in [0.2, 0.25) is 0 Å². The number of allylic oxidation sites excluding steroid dienone is 1. The molecule has 0 radical (unpaired) electrons. The fraction of sp³-hybridized carbons (Fsp3) is 0.846. The number of aliphatic hydroxyl groups excluding tert-OH is 3. The van der Waals surface area contributed by atoms with Crippen LogP contribution in [0.3, 0.4) is 0 Å². The van der Waals surface area contributed by atoms with Crippen LogP contribution in [0.5, 0.6) is 0 Å². The van der Waals surface area contributed by atoms with E-state index < -0.39 is 42.3 Å². The van der Waals surface area contributed by atoms with E-state index in [0.29, 0.717) is 24.2 Å². The number of rotatable bonds is 3. The van der Waals surface area contributed by atoms with Gasteiger partial charge in [-0.3, -0.25) is 4.79 Å². The van der Waals surface area contributed by atoms with Gasteiger partial charge in [-0.1, -0.05) is 19.4 Å². The first-order valence-corrected chi connectivity index (χ1v) is 12.8. The number of hydrogen-bond donors (Lipinski definition) is 4. The van der Waals surface area contributed by atoms with Gasteiger partial charge in [0.25, 0.3) is 0 Å². The number of carbonyl (C=O) groups is 2. The molecule has 0 amide bonds. The summed E-state index contributed by atoms with van der Waals surface area (Å²) >= 11 is 0. The van der Waals surface area contributed by atoms with E-state index in [2.05, 4.69) is 13.8 Å². The monoisotopic (exact) mass is 478 g/mol. The molecule has 8 heteroatoms. The molecule has 4 aliphatic carbocycles. The second kappa shape index (κ2) is 8.10. The molecule has 34 heavy (non-hydrogen) atoms. The molecule has 1 saturated heterocycles. The average molecular weight is 479 g/mol. The van der Waals surface area contributed by atoms with Crippen molar-refractivity contribution < 1.29 is 39.5 Å². The third kappa shape index (κ3) is 3.36. The Kier molecular flexibility index (Phi) is 5.81. The zero-order valence-corrected chi connectivity index (χ0v) is 20.3. The summed E-state index contributed by atoms with van der Waals surface area (Å²) in [5, 5.41) is 40.2.